The molecule has 0 atom stereocenters. The molecule has 4 rings (SSSR count). The molecule has 0 saturated carbocycles. The Morgan fingerprint density at radius 1 is 1.00 bits per heavy atom. The van der Waals surface area contributed by atoms with Crippen LogP contribution in [0.2, 0.25) is 24.7 Å². The average molecular weight is 564 g/mol. The molecule has 1 aromatic heterocycles. The molecule has 4 nitrogen and oxygen atoms in total. The van der Waals surface area contributed by atoms with E-state index in [0.717, 1.165) is 5.56 Å². The minimum Gasteiger partial charge on any atom is -0.462 e. The number of alkyl halides is 3. The Kier molecular flexibility index (Phi) is 7.90. The zero-order chi connectivity index (χ0) is 27.7. The highest BCUT2D eigenvalue weighted by Crippen LogP contribution is 2.30. The van der Waals surface area contributed by atoms with Gasteiger partial charge in [-0.25, -0.2) is 9.18 Å². The van der Waals surface area contributed by atoms with Gasteiger partial charge >= 0.3 is 12.3 Å². The standard InChI is InChI=1S/C28H26ClF4NO3Si/c1-38(2,3)22-9-7-19(8-10-22)17-34-13-11-20-16-23(29)25(30)24(26(20)34)27(35)36-14-12-18-5-4-6-21(15-18)37-28(31,32)33/h4-11,13,15-16H,12,14,17H2,1-3H3. The molecule has 0 fully saturated rings. The average Bonchev–Trinajstić information content (AvgIpc) is 3.20. The molecule has 0 bridgehead atoms. The van der Waals surface area contributed by atoms with Gasteiger partial charge in [0.2, 0.25) is 0 Å². The second-order valence-corrected chi connectivity index (χ2v) is 15.4. The molecule has 10 heteroatoms. The lowest BCUT2D eigenvalue weighted by molar-refractivity contribution is -0.274. The van der Waals surface area contributed by atoms with Crippen LogP contribution in [-0.4, -0.2) is 31.6 Å². The summed E-state index contributed by atoms with van der Waals surface area (Å²) in [6, 6.07) is 16.8. The van der Waals surface area contributed by atoms with Crippen LogP contribution in [0.4, 0.5) is 17.6 Å². The van der Waals surface area contributed by atoms with Crippen molar-refractivity contribution < 1.29 is 31.8 Å². The molecule has 4 aromatic rings. The summed E-state index contributed by atoms with van der Waals surface area (Å²) in [7, 11) is -1.46. The number of aromatic nitrogens is 1. The van der Waals surface area contributed by atoms with Crippen molar-refractivity contribution in [2.75, 3.05) is 6.61 Å². The van der Waals surface area contributed by atoms with Crippen molar-refractivity contribution >= 4 is 41.7 Å². The van der Waals surface area contributed by atoms with Gasteiger partial charge in [0.15, 0.2) is 5.82 Å². The number of rotatable bonds is 8. The monoisotopic (exact) mass is 563 g/mol. The first-order valence-electron chi connectivity index (χ1n) is 11.9. The lowest BCUT2D eigenvalue weighted by atomic mass is 10.1. The highest BCUT2D eigenvalue weighted by Gasteiger charge is 2.31. The second kappa shape index (κ2) is 10.8. The van der Waals surface area contributed by atoms with Gasteiger partial charge in [-0.15, -0.1) is 13.2 Å². The zero-order valence-corrected chi connectivity index (χ0v) is 22.8. The van der Waals surface area contributed by atoms with Crippen LogP contribution in [0, 0.1) is 5.82 Å². The fourth-order valence-electron chi connectivity index (χ4n) is 4.17. The molecule has 0 N–H and O–H groups in total. The number of hydrogen-bond donors (Lipinski definition) is 0. The molecule has 0 spiro atoms. The summed E-state index contributed by atoms with van der Waals surface area (Å²) in [5.74, 6) is -2.18. The van der Waals surface area contributed by atoms with Gasteiger partial charge in [-0.3, -0.25) is 0 Å². The molecule has 38 heavy (non-hydrogen) atoms. The molecule has 0 unspecified atom stereocenters. The number of fused-ring (bicyclic) bond motifs is 1. The molecule has 0 amide bonds. The van der Waals surface area contributed by atoms with E-state index >= 15 is 4.39 Å². The Hall–Kier alpha value is -3.30. The first kappa shape index (κ1) is 27.7. The van der Waals surface area contributed by atoms with E-state index in [-0.39, 0.29) is 29.4 Å². The molecule has 1 heterocycles. The van der Waals surface area contributed by atoms with E-state index in [1.165, 1.54) is 29.5 Å². The van der Waals surface area contributed by atoms with Gasteiger partial charge in [0.25, 0.3) is 0 Å². The Morgan fingerprint density at radius 3 is 2.37 bits per heavy atom. The van der Waals surface area contributed by atoms with Crippen LogP contribution in [0.15, 0.2) is 66.9 Å². The molecule has 0 aliphatic rings. The van der Waals surface area contributed by atoms with E-state index in [1.807, 2.05) is 12.1 Å². The van der Waals surface area contributed by atoms with Crippen LogP contribution in [-0.2, 0) is 17.7 Å². The van der Waals surface area contributed by atoms with Crippen molar-refractivity contribution in [1.82, 2.24) is 4.57 Å². The molecule has 0 aliphatic heterocycles. The first-order chi connectivity index (χ1) is 17.8. The normalized spacial score (nSPS) is 12.1. The van der Waals surface area contributed by atoms with Crippen molar-refractivity contribution in [3.8, 4) is 5.75 Å². The van der Waals surface area contributed by atoms with Crippen molar-refractivity contribution in [2.24, 2.45) is 0 Å². The van der Waals surface area contributed by atoms with E-state index in [0.29, 0.717) is 23.0 Å². The van der Waals surface area contributed by atoms with E-state index in [4.69, 9.17) is 16.3 Å². The lowest BCUT2D eigenvalue weighted by Gasteiger charge is -2.17. The highest BCUT2D eigenvalue weighted by molar-refractivity contribution is 6.88. The summed E-state index contributed by atoms with van der Waals surface area (Å²) < 4.78 is 63.6. The highest BCUT2D eigenvalue weighted by atomic mass is 35.5. The Labute approximate surface area is 223 Å². The topological polar surface area (TPSA) is 40.5 Å². The third kappa shape index (κ3) is 6.57. The van der Waals surface area contributed by atoms with Gasteiger partial charge in [0.05, 0.1) is 25.2 Å². The van der Waals surface area contributed by atoms with E-state index in [9.17, 15) is 18.0 Å². The van der Waals surface area contributed by atoms with Crippen LogP contribution >= 0.6 is 11.6 Å². The molecular weight excluding hydrogens is 538 g/mol. The van der Waals surface area contributed by atoms with Crippen molar-refractivity contribution in [3.05, 3.63) is 94.4 Å². The van der Waals surface area contributed by atoms with Gasteiger partial charge in [-0.2, -0.15) is 0 Å². The number of benzene rings is 3. The molecule has 3 aromatic carbocycles. The summed E-state index contributed by atoms with van der Waals surface area (Å²) in [6.45, 7) is 7.01. The third-order valence-corrected chi connectivity index (χ3v) is 8.42. The van der Waals surface area contributed by atoms with Gasteiger partial charge in [0.1, 0.15) is 11.3 Å². The zero-order valence-electron chi connectivity index (χ0n) is 21.0. The smallest absolute Gasteiger partial charge is 0.462 e. The number of carbonyl (C=O) groups excluding carboxylic acids is 1. The maximum Gasteiger partial charge on any atom is 0.573 e. The molecule has 0 radical (unpaired) electrons. The SMILES string of the molecule is C[Si](C)(C)c1ccc(Cn2ccc3cc(Cl)c(F)c(C(=O)OCCc4cccc(OC(F)(F)F)c4)c32)cc1. The Balaban J connectivity index is 1.54. The van der Waals surface area contributed by atoms with Crippen LogP contribution in [0.5, 0.6) is 5.75 Å². The fraction of sp³-hybridized carbons (Fsp3) is 0.250. The first-order valence-corrected chi connectivity index (χ1v) is 15.8. The number of nitrogens with zero attached hydrogens (tertiary/aromatic N) is 1. The van der Waals surface area contributed by atoms with Crippen LogP contribution in [0.1, 0.15) is 21.5 Å². The number of carbonyl (C=O) groups is 1. The summed E-state index contributed by atoms with van der Waals surface area (Å²) in [5.41, 5.74) is 1.51. The maximum atomic E-state index is 15.2. The number of ether oxygens (including phenoxy) is 2. The van der Waals surface area contributed by atoms with Gasteiger partial charge in [-0.05, 0) is 35.4 Å². The largest absolute Gasteiger partial charge is 0.573 e. The van der Waals surface area contributed by atoms with Crippen LogP contribution in [0.3, 0.4) is 0 Å². The summed E-state index contributed by atoms with van der Waals surface area (Å²) in [5, 5.41) is 1.69. The summed E-state index contributed by atoms with van der Waals surface area (Å²) >= 11 is 6.07. The summed E-state index contributed by atoms with van der Waals surface area (Å²) in [6.07, 6.45) is -2.95. The minimum atomic E-state index is -4.81. The third-order valence-electron chi connectivity index (χ3n) is 6.08. The Morgan fingerprint density at radius 2 is 1.71 bits per heavy atom. The number of halogens is 5. The number of esters is 1. The van der Waals surface area contributed by atoms with Gasteiger partial charge in [0, 0.05) is 24.5 Å². The van der Waals surface area contributed by atoms with E-state index in [1.54, 1.807) is 22.9 Å². The van der Waals surface area contributed by atoms with Crippen molar-refractivity contribution in [3.63, 3.8) is 0 Å². The molecule has 0 saturated heterocycles. The van der Waals surface area contributed by atoms with E-state index in [2.05, 4.69) is 36.5 Å². The van der Waals surface area contributed by atoms with Crippen molar-refractivity contribution in [1.29, 1.82) is 0 Å². The minimum absolute atomic E-state index is 0.108. The summed E-state index contributed by atoms with van der Waals surface area (Å²) in [4.78, 5) is 13.0. The van der Waals surface area contributed by atoms with Gasteiger partial charge in [-0.1, -0.05) is 72.8 Å². The quantitative estimate of drug-likeness (QED) is 0.128. The maximum absolute atomic E-state index is 15.2. The Bertz CT molecular complexity index is 1460. The van der Waals surface area contributed by atoms with Crippen LogP contribution in [0.25, 0.3) is 10.9 Å². The fourth-order valence-corrected chi connectivity index (χ4v) is 5.55. The predicted molar refractivity (Wildman–Crippen MR) is 143 cm³/mol. The van der Waals surface area contributed by atoms with E-state index < -0.39 is 26.2 Å². The van der Waals surface area contributed by atoms with Crippen LogP contribution < -0.4 is 9.92 Å². The molecule has 0 aliphatic carbocycles. The lowest BCUT2D eigenvalue weighted by Crippen LogP contribution is -2.37. The second-order valence-electron chi connectivity index (χ2n) is 9.96. The number of hydrogen-bond acceptors (Lipinski definition) is 3. The molecular formula is C28H26ClF4NO3Si. The van der Waals surface area contributed by atoms with Crippen molar-refractivity contribution in [2.45, 2.75) is 39.0 Å². The predicted octanol–water partition coefficient (Wildman–Crippen LogP) is 7.33. The van der Waals surface area contributed by atoms with Gasteiger partial charge < -0.3 is 14.0 Å². The molecule has 200 valence electrons.